The zero-order valence-corrected chi connectivity index (χ0v) is 13.7. The summed E-state index contributed by atoms with van der Waals surface area (Å²) >= 11 is 0. The first-order chi connectivity index (χ1) is 9.33. The van der Waals surface area contributed by atoms with E-state index in [1.807, 2.05) is 12.1 Å². The first-order valence-electron chi connectivity index (χ1n) is 6.85. The van der Waals surface area contributed by atoms with Crippen LogP contribution >= 0.6 is 0 Å². The molecule has 0 bridgehead atoms. The van der Waals surface area contributed by atoms with Gasteiger partial charge in [-0.15, -0.1) is 0 Å². The van der Waals surface area contributed by atoms with Crippen molar-refractivity contribution in [3.05, 3.63) is 17.7 Å². The third-order valence-electron chi connectivity index (χ3n) is 3.64. The summed E-state index contributed by atoms with van der Waals surface area (Å²) in [6, 6.07) is 4.36. The lowest BCUT2D eigenvalue weighted by atomic mass is 9.88. The molecule has 0 saturated heterocycles. The quantitative estimate of drug-likeness (QED) is 0.869. The van der Waals surface area contributed by atoms with Crippen molar-refractivity contribution in [1.29, 1.82) is 0 Å². The largest absolute Gasteiger partial charge is 0.493 e. The first-order valence-corrected chi connectivity index (χ1v) is 6.85. The Morgan fingerprint density at radius 3 is 1.85 bits per heavy atom. The molecule has 1 rings (SSSR count). The molecule has 20 heavy (non-hydrogen) atoms. The van der Waals surface area contributed by atoms with Crippen LogP contribution in [0.25, 0.3) is 0 Å². The highest BCUT2D eigenvalue weighted by Gasteiger charge is 2.20. The molecule has 0 amide bonds. The van der Waals surface area contributed by atoms with E-state index in [2.05, 4.69) is 33.0 Å². The standard InChI is InChI=1S/C16H27NO3/c1-11(16(2,3)4)17-10-12-8-13(18-5)15(20-7)14(9-12)19-6/h8-9,11,17H,10H2,1-7H3. The van der Waals surface area contributed by atoms with Crippen LogP contribution in [-0.2, 0) is 6.54 Å². The minimum Gasteiger partial charge on any atom is -0.493 e. The second kappa shape index (κ2) is 6.84. The van der Waals surface area contributed by atoms with E-state index in [0.29, 0.717) is 23.3 Å². The van der Waals surface area contributed by atoms with Crippen molar-refractivity contribution in [1.82, 2.24) is 5.32 Å². The molecule has 1 N–H and O–H groups in total. The van der Waals surface area contributed by atoms with Gasteiger partial charge in [-0.3, -0.25) is 0 Å². The Kier molecular flexibility index (Phi) is 5.69. The van der Waals surface area contributed by atoms with Gasteiger partial charge in [0.15, 0.2) is 11.5 Å². The Hall–Kier alpha value is -1.42. The van der Waals surface area contributed by atoms with E-state index >= 15 is 0 Å². The van der Waals surface area contributed by atoms with Crippen molar-refractivity contribution >= 4 is 0 Å². The molecule has 0 aliphatic heterocycles. The van der Waals surface area contributed by atoms with Gasteiger partial charge in [-0.2, -0.15) is 0 Å². The first kappa shape index (κ1) is 16.6. The summed E-state index contributed by atoms with van der Waals surface area (Å²) in [6.45, 7) is 9.62. The van der Waals surface area contributed by atoms with E-state index in [1.165, 1.54) is 0 Å². The summed E-state index contributed by atoms with van der Waals surface area (Å²) in [5.41, 5.74) is 1.33. The second-order valence-corrected chi connectivity index (χ2v) is 6.00. The zero-order valence-electron chi connectivity index (χ0n) is 13.7. The van der Waals surface area contributed by atoms with Crippen molar-refractivity contribution < 1.29 is 14.2 Å². The van der Waals surface area contributed by atoms with E-state index < -0.39 is 0 Å². The molecule has 0 fully saturated rings. The fourth-order valence-corrected chi connectivity index (χ4v) is 1.81. The molecule has 1 aromatic carbocycles. The number of methoxy groups -OCH3 is 3. The van der Waals surface area contributed by atoms with Crippen LogP contribution in [0.4, 0.5) is 0 Å². The van der Waals surface area contributed by atoms with Crippen molar-refractivity contribution in [2.24, 2.45) is 5.41 Å². The van der Waals surface area contributed by atoms with Crippen LogP contribution < -0.4 is 19.5 Å². The van der Waals surface area contributed by atoms with Gasteiger partial charge in [0.25, 0.3) is 0 Å². The average molecular weight is 281 g/mol. The molecule has 0 aliphatic rings. The van der Waals surface area contributed by atoms with E-state index in [-0.39, 0.29) is 5.41 Å². The van der Waals surface area contributed by atoms with Crippen molar-refractivity contribution in [3.63, 3.8) is 0 Å². The molecule has 0 aliphatic carbocycles. The molecule has 1 aromatic rings. The maximum absolute atomic E-state index is 5.36. The molecule has 114 valence electrons. The van der Waals surface area contributed by atoms with Crippen LogP contribution in [0, 0.1) is 5.41 Å². The van der Waals surface area contributed by atoms with Gasteiger partial charge >= 0.3 is 0 Å². The maximum atomic E-state index is 5.36. The second-order valence-electron chi connectivity index (χ2n) is 6.00. The van der Waals surface area contributed by atoms with Gasteiger partial charge in [-0.25, -0.2) is 0 Å². The lowest BCUT2D eigenvalue weighted by Crippen LogP contribution is -2.37. The van der Waals surface area contributed by atoms with E-state index in [1.54, 1.807) is 21.3 Å². The van der Waals surface area contributed by atoms with Gasteiger partial charge in [0, 0.05) is 12.6 Å². The van der Waals surface area contributed by atoms with E-state index in [4.69, 9.17) is 14.2 Å². The summed E-state index contributed by atoms with van der Waals surface area (Å²) in [5.74, 6) is 2.00. The minimum atomic E-state index is 0.223. The monoisotopic (exact) mass is 281 g/mol. The molecule has 1 atom stereocenters. The third-order valence-corrected chi connectivity index (χ3v) is 3.64. The van der Waals surface area contributed by atoms with Crippen molar-refractivity contribution in [3.8, 4) is 17.2 Å². The predicted molar refractivity (Wildman–Crippen MR) is 81.9 cm³/mol. The van der Waals surface area contributed by atoms with Gasteiger partial charge in [0.05, 0.1) is 21.3 Å². The fraction of sp³-hybridized carbons (Fsp3) is 0.625. The number of benzene rings is 1. The summed E-state index contributed by atoms with van der Waals surface area (Å²) < 4.78 is 16.0. The summed E-state index contributed by atoms with van der Waals surface area (Å²) in [7, 11) is 4.87. The third kappa shape index (κ3) is 4.04. The smallest absolute Gasteiger partial charge is 0.203 e. The molecule has 0 spiro atoms. The number of nitrogens with one attached hydrogen (secondary N) is 1. The highest BCUT2D eigenvalue weighted by Crippen LogP contribution is 2.38. The zero-order chi connectivity index (χ0) is 15.3. The molecule has 0 radical (unpaired) electrons. The Bertz CT molecular complexity index is 413. The lowest BCUT2D eigenvalue weighted by molar-refractivity contribution is 0.284. The number of hydrogen-bond acceptors (Lipinski definition) is 4. The summed E-state index contributed by atoms with van der Waals surface area (Å²) in [4.78, 5) is 0. The van der Waals surface area contributed by atoms with Gasteiger partial charge in [-0.1, -0.05) is 20.8 Å². The predicted octanol–water partition coefficient (Wildman–Crippen LogP) is 3.24. The average Bonchev–Trinajstić information content (AvgIpc) is 2.42. The minimum absolute atomic E-state index is 0.223. The number of ether oxygens (including phenoxy) is 3. The Balaban J connectivity index is 2.91. The highest BCUT2D eigenvalue weighted by molar-refractivity contribution is 5.53. The highest BCUT2D eigenvalue weighted by atomic mass is 16.5. The normalized spacial score (nSPS) is 12.9. The fourth-order valence-electron chi connectivity index (χ4n) is 1.81. The molecular weight excluding hydrogens is 254 g/mol. The Labute approximate surface area is 122 Å². The Morgan fingerprint density at radius 2 is 1.50 bits per heavy atom. The summed E-state index contributed by atoms with van der Waals surface area (Å²) in [5, 5.41) is 3.53. The molecule has 0 heterocycles. The molecule has 1 unspecified atom stereocenters. The lowest BCUT2D eigenvalue weighted by Gasteiger charge is -2.28. The number of rotatable bonds is 6. The van der Waals surface area contributed by atoms with Crippen molar-refractivity contribution in [2.45, 2.75) is 40.3 Å². The van der Waals surface area contributed by atoms with Crippen LogP contribution in [0.2, 0.25) is 0 Å². The molecule has 4 heteroatoms. The van der Waals surface area contributed by atoms with Crippen LogP contribution in [0.1, 0.15) is 33.3 Å². The van der Waals surface area contributed by atoms with Crippen LogP contribution in [0.15, 0.2) is 12.1 Å². The molecular formula is C16H27NO3. The van der Waals surface area contributed by atoms with E-state index in [9.17, 15) is 0 Å². The van der Waals surface area contributed by atoms with Crippen LogP contribution in [-0.4, -0.2) is 27.4 Å². The van der Waals surface area contributed by atoms with Gasteiger partial charge in [0.1, 0.15) is 0 Å². The SMILES string of the molecule is COc1cc(CNC(C)C(C)(C)C)cc(OC)c1OC. The molecule has 0 saturated carbocycles. The van der Waals surface area contributed by atoms with Gasteiger partial charge in [-0.05, 0) is 30.0 Å². The van der Waals surface area contributed by atoms with Gasteiger partial charge in [0.2, 0.25) is 5.75 Å². The van der Waals surface area contributed by atoms with E-state index in [0.717, 1.165) is 12.1 Å². The van der Waals surface area contributed by atoms with Crippen molar-refractivity contribution in [2.75, 3.05) is 21.3 Å². The van der Waals surface area contributed by atoms with Crippen LogP contribution in [0.3, 0.4) is 0 Å². The van der Waals surface area contributed by atoms with Gasteiger partial charge < -0.3 is 19.5 Å². The number of hydrogen-bond donors (Lipinski definition) is 1. The topological polar surface area (TPSA) is 39.7 Å². The summed E-state index contributed by atoms with van der Waals surface area (Å²) in [6.07, 6.45) is 0. The Morgan fingerprint density at radius 1 is 1.00 bits per heavy atom. The molecule has 4 nitrogen and oxygen atoms in total. The maximum Gasteiger partial charge on any atom is 0.203 e. The van der Waals surface area contributed by atoms with Crippen LogP contribution in [0.5, 0.6) is 17.2 Å². The molecule has 0 aromatic heterocycles.